The number of halogens is 1. The molecule has 0 aromatic heterocycles. The molecule has 0 saturated carbocycles. The van der Waals surface area contributed by atoms with Crippen LogP contribution in [0.4, 0.5) is 0 Å². The quantitative estimate of drug-likeness (QED) is 0.768. The third-order valence-corrected chi connectivity index (χ3v) is 5.09. The number of fused-ring (bicyclic) bond motifs is 1. The lowest BCUT2D eigenvalue weighted by Gasteiger charge is -2.27. The van der Waals surface area contributed by atoms with Gasteiger partial charge < -0.3 is 0 Å². The van der Waals surface area contributed by atoms with E-state index in [1.165, 1.54) is 0 Å². The number of benzene rings is 2. The average Bonchev–Trinajstić information content (AvgIpc) is 2.86. The molecule has 0 spiro atoms. The van der Waals surface area contributed by atoms with Crippen LogP contribution in [0.15, 0.2) is 46.9 Å². The number of imide groups is 2. The Kier molecular flexibility index (Phi) is 3.96. The minimum atomic E-state index is -0.950. The van der Waals surface area contributed by atoms with Crippen LogP contribution in [-0.4, -0.2) is 34.6 Å². The largest absolute Gasteiger partial charge is 0.295 e. The summed E-state index contributed by atoms with van der Waals surface area (Å²) in [5.74, 6) is -2.00. The number of amides is 4. The van der Waals surface area contributed by atoms with E-state index in [-0.39, 0.29) is 29.9 Å². The minimum Gasteiger partial charge on any atom is -0.295 e. The average molecular weight is 413 g/mol. The van der Waals surface area contributed by atoms with E-state index in [4.69, 9.17) is 0 Å². The Morgan fingerprint density at radius 3 is 2.38 bits per heavy atom. The van der Waals surface area contributed by atoms with Gasteiger partial charge in [0.15, 0.2) is 0 Å². The molecule has 1 fully saturated rings. The number of carbonyl (C=O) groups is 4. The maximum atomic E-state index is 12.8. The summed E-state index contributed by atoms with van der Waals surface area (Å²) in [7, 11) is 0. The summed E-state index contributed by atoms with van der Waals surface area (Å²) in [4.78, 5) is 49.8. The second-order valence-corrected chi connectivity index (χ2v) is 7.13. The van der Waals surface area contributed by atoms with E-state index in [1.807, 2.05) is 24.3 Å². The van der Waals surface area contributed by atoms with Gasteiger partial charge >= 0.3 is 0 Å². The zero-order valence-corrected chi connectivity index (χ0v) is 15.1. The van der Waals surface area contributed by atoms with Crippen LogP contribution < -0.4 is 5.32 Å². The molecule has 1 unspecified atom stereocenters. The first-order valence-corrected chi connectivity index (χ1v) is 8.86. The van der Waals surface area contributed by atoms with Crippen LogP contribution in [0.5, 0.6) is 0 Å². The minimum absolute atomic E-state index is 0.104. The van der Waals surface area contributed by atoms with E-state index < -0.39 is 23.8 Å². The summed E-state index contributed by atoms with van der Waals surface area (Å²) in [5, 5.41) is 2.19. The summed E-state index contributed by atoms with van der Waals surface area (Å²) in [5.41, 5.74) is 2.26. The second-order valence-electron chi connectivity index (χ2n) is 6.22. The van der Waals surface area contributed by atoms with E-state index in [0.29, 0.717) is 0 Å². The van der Waals surface area contributed by atoms with Crippen molar-refractivity contribution in [2.75, 3.05) is 0 Å². The van der Waals surface area contributed by atoms with Crippen molar-refractivity contribution in [1.82, 2.24) is 10.2 Å². The van der Waals surface area contributed by atoms with Gasteiger partial charge in [-0.2, -0.15) is 0 Å². The molecular weight excluding hydrogens is 400 g/mol. The Morgan fingerprint density at radius 2 is 1.65 bits per heavy atom. The van der Waals surface area contributed by atoms with Gasteiger partial charge in [0.25, 0.3) is 11.8 Å². The number of rotatable bonds is 2. The maximum absolute atomic E-state index is 12.8. The van der Waals surface area contributed by atoms with Gasteiger partial charge in [-0.1, -0.05) is 34.1 Å². The molecule has 1 N–H and O–H groups in total. The van der Waals surface area contributed by atoms with Gasteiger partial charge in [-0.3, -0.25) is 29.4 Å². The first kappa shape index (κ1) is 16.7. The van der Waals surface area contributed by atoms with Gasteiger partial charge in [-0.15, -0.1) is 0 Å². The van der Waals surface area contributed by atoms with E-state index in [2.05, 4.69) is 21.2 Å². The van der Waals surface area contributed by atoms with Crippen molar-refractivity contribution in [1.29, 1.82) is 0 Å². The molecule has 1 atom stereocenters. The smallest absolute Gasteiger partial charge is 0.262 e. The molecule has 6 nitrogen and oxygen atoms in total. The molecule has 0 bridgehead atoms. The summed E-state index contributed by atoms with van der Waals surface area (Å²) in [6.45, 7) is 0. The molecule has 4 amide bonds. The molecule has 7 heteroatoms. The van der Waals surface area contributed by atoms with Crippen molar-refractivity contribution in [3.05, 3.63) is 58.1 Å². The van der Waals surface area contributed by atoms with Crippen molar-refractivity contribution in [2.45, 2.75) is 18.9 Å². The Labute approximate surface area is 157 Å². The monoisotopic (exact) mass is 412 g/mol. The molecule has 2 heterocycles. The van der Waals surface area contributed by atoms with Crippen LogP contribution in [0, 0.1) is 0 Å². The Balaban J connectivity index is 1.71. The van der Waals surface area contributed by atoms with Crippen molar-refractivity contribution in [3.63, 3.8) is 0 Å². The number of carbonyl (C=O) groups excluding carboxylic acids is 4. The van der Waals surface area contributed by atoms with E-state index in [9.17, 15) is 19.2 Å². The Hall–Kier alpha value is -2.80. The second kappa shape index (κ2) is 6.17. The molecule has 130 valence electrons. The third kappa shape index (κ3) is 2.64. The Bertz CT molecular complexity index is 985. The number of hydrogen-bond donors (Lipinski definition) is 1. The van der Waals surface area contributed by atoms with E-state index in [0.717, 1.165) is 20.5 Å². The summed E-state index contributed by atoms with van der Waals surface area (Å²) in [6, 6.07) is 11.7. The Morgan fingerprint density at radius 1 is 0.923 bits per heavy atom. The molecule has 26 heavy (non-hydrogen) atoms. The first-order chi connectivity index (χ1) is 12.5. The number of nitrogens with zero attached hydrogens (tertiary/aromatic N) is 1. The lowest BCUT2D eigenvalue weighted by Crippen LogP contribution is -2.54. The highest BCUT2D eigenvalue weighted by Gasteiger charge is 2.44. The molecule has 2 aliphatic rings. The van der Waals surface area contributed by atoms with E-state index in [1.54, 1.807) is 18.2 Å². The van der Waals surface area contributed by atoms with Gasteiger partial charge in [0.2, 0.25) is 11.8 Å². The van der Waals surface area contributed by atoms with Gasteiger partial charge in [0.1, 0.15) is 6.04 Å². The molecule has 0 radical (unpaired) electrons. The highest BCUT2D eigenvalue weighted by Crippen LogP contribution is 2.31. The van der Waals surface area contributed by atoms with Crippen molar-refractivity contribution in [2.24, 2.45) is 0 Å². The molecule has 1 saturated heterocycles. The summed E-state index contributed by atoms with van der Waals surface area (Å²) >= 11 is 3.42. The lowest BCUT2D eigenvalue weighted by atomic mass is 10.0. The third-order valence-electron chi connectivity index (χ3n) is 4.60. The highest BCUT2D eigenvalue weighted by molar-refractivity contribution is 9.10. The fourth-order valence-corrected chi connectivity index (χ4v) is 3.72. The van der Waals surface area contributed by atoms with Crippen molar-refractivity contribution < 1.29 is 19.2 Å². The van der Waals surface area contributed by atoms with Crippen molar-refractivity contribution in [3.8, 4) is 11.1 Å². The number of piperidine rings is 1. The van der Waals surface area contributed by atoms with Crippen LogP contribution in [0.1, 0.15) is 33.6 Å². The van der Waals surface area contributed by atoms with Crippen LogP contribution in [-0.2, 0) is 9.59 Å². The summed E-state index contributed by atoms with van der Waals surface area (Å²) in [6.07, 6.45) is 0.252. The predicted molar refractivity (Wildman–Crippen MR) is 96.2 cm³/mol. The van der Waals surface area contributed by atoms with Crippen LogP contribution in [0.3, 0.4) is 0 Å². The molecule has 2 aromatic rings. The molecule has 0 aliphatic carbocycles. The lowest BCUT2D eigenvalue weighted by molar-refractivity contribution is -0.136. The highest BCUT2D eigenvalue weighted by atomic mass is 79.9. The normalized spacial score (nSPS) is 19.6. The molecular formula is C19H13BrN2O4. The van der Waals surface area contributed by atoms with Gasteiger partial charge in [-0.05, 0) is 41.8 Å². The SMILES string of the molecule is O=C1CCC(N2C(=O)c3ccc(-c4cccc(Br)c4)cc3C2=O)C(=O)N1. The topological polar surface area (TPSA) is 83.6 Å². The van der Waals surface area contributed by atoms with Crippen molar-refractivity contribution >= 4 is 39.6 Å². The van der Waals surface area contributed by atoms with Gasteiger partial charge in [-0.25, -0.2) is 0 Å². The summed E-state index contributed by atoms with van der Waals surface area (Å²) < 4.78 is 0.906. The first-order valence-electron chi connectivity index (χ1n) is 8.07. The van der Waals surface area contributed by atoms with Crippen LogP contribution in [0.25, 0.3) is 11.1 Å². The predicted octanol–water partition coefficient (Wildman–Crippen LogP) is 2.52. The van der Waals surface area contributed by atoms with Crippen LogP contribution in [0.2, 0.25) is 0 Å². The molecule has 4 rings (SSSR count). The number of hydrogen-bond acceptors (Lipinski definition) is 4. The van der Waals surface area contributed by atoms with Gasteiger partial charge in [0, 0.05) is 10.9 Å². The molecule has 2 aliphatic heterocycles. The van der Waals surface area contributed by atoms with E-state index >= 15 is 0 Å². The van der Waals surface area contributed by atoms with Crippen LogP contribution >= 0.6 is 15.9 Å². The van der Waals surface area contributed by atoms with Gasteiger partial charge in [0.05, 0.1) is 11.1 Å². The molecule has 2 aromatic carbocycles. The maximum Gasteiger partial charge on any atom is 0.262 e. The standard InChI is InChI=1S/C19H13BrN2O4/c20-12-3-1-2-10(8-12)11-4-5-13-14(9-11)19(26)22(18(13)25)15-6-7-16(23)21-17(15)24/h1-5,8-9,15H,6-7H2,(H,21,23,24). The fourth-order valence-electron chi connectivity index (χ4n) is 3.32. The number of nitrogens with one attached hydrogen (secondary N) is 1. The zero-order chi connectivity index (χ0) is 18.4. The zero-order valence-electron chi connectivity index (χ0n) is 13.5. The fraction of sp³-hybridized carbons (Fsp3) is 0.158.